The molecular weight excluding hydrogens is 326 g/mol. The van der Waals surface area contributed by atoms with Crippen molar-refractivity contribution >= 4 is 28.3 Å². The van der Waals surface area contributed by atoms with Gasteiger partial charge in [0.2, 0.25) is 0 Å². The number of rotatable bonds is 5. The van der Waals surface area contributed by atoms with Gasteiger partial charge in [-0.1, -0.05) is 6.07 Å². The fourth-order valence-corrected chi connectivity index (χ4v) is 3.30. The van der Waals surface area contributed by atoms with Crippen LogP contribution in [0.25, 0.3) is 11.0 Å². The average molecular weight is 343 g/mol. The van der Waals surface area contributed by atoms with Crippen molar-refractivity contribution in [1.29, 1.82) is 0 Å². The van der Waals surface area contributed by atoms with E-state index in [4.69, 9.17) is 0 Å². The first-order valence-electron chi connectivity index (χ1n) is 7.67. The monoisotopic (exact) mass is 343 g/mol. The highest BCUT2D eigenvalue weighted by molar-refractivity contribution is 7.09. The predicted octanol–water partition coefficient (Wildman–Crippen LogP) is 1.74. The van der Waals surface area contributed by atoms with Gasteiger partial charge in [-0.25, -0.2) is 0 Å². The summed E-state index contributed by atoms with van der Waals surface area (Å²) >= 11 is 1.66. The van der Waals surface area contributed by atoms with Crippen LogP contribution in [-0.2, 0) is 13.0 Å². The summed E-state index contributed by atoms with van der Waals surface area (Å²) in [6.07, 6.45) is 0.781. The van der Waals surface area contributed by atoms with Crippen LogP contribution >= 0.6 is 11.3 Å². The third-order valence-electron chi connectivity index (χ3n) is 3.79. The van der Waals surface area contributed by atoms with E-state index in [1.807, 2.05) is 17.5 Å². The zero-order chi connectivity index (χ0) is 17.1. The highest BCUT2D eigenvalue weighted by Gasteiger charge is 2.10. The van der Waals surface area contributed by atoms with Gasteiger partial charge in [-0.3, -0.25) is 14.4 Å². The van der Waals surface area contributed by atoms with E-state index < -0.39 is 11.1 Å². The maximum Gasteiger partial charge on any atom is 0.316 e. The van der Waals surface area contributed by atoms with E-state index in [0.717, 1.165) is 6.42 Å². The summed E-state index contributed by atoms with van der Waals surface area (Å²) in [5.41, 5.74) is 0.271. The standard InChI is InChI=1S/C17H17N3O3S/c1-2-20-14-6-5-11(10-13(14)19-16(22)17(20)23)15(21)18-8-7-12-4-3-9-24-12/h3-6,9-10H,2,7-8H2,1H3,(H,18,21)(H,19,22). The van der Waals surface area contributed by atoms with Gasteiger partial charge in [0.1, 0.15) is 0 Å². The SMILES string of the molecule is CCn1c(=O)c(=O)[nH]c2cc(C(=O)NCCc3cccs3)ccc21. The van der Waals surface area contributed by atoms with E-state index in [-0.39, 0.29) is 5.91 Å². The van der Waals surface area contributed by atoms with Crippen LogP contribution in [0.15, 0.2) is 45.3 Å². The fraction of sp³-hybridized carbons (Fsp3) is 0.235. The Morgan fingerprint density at radius 1 is 1.29 bits per heavy atom. The lowest BCUT2D eigenvalue weighted by atomic mass is 10.1. The number of aryl methyl sites for hydroxylation is 1. The largest absolute Gasteiger partial charge is 0.352 e. The lowest BCUT2D eigenvalue weighted by Crippen LogP contribution is -2.36. The number of aromatic nitrogens is 2. The van der Waals surface area contributed by atoms with Gasteiger partial charge in [0.05, 0.1) is 11.0 Å². The van der Waals surface area contributed by atoms with E-state index in [1.165, 1.54) is 9.44 Å². The molecule has 0 saturated heterocycles. The maximum atomic E-state index is 12.3. The minimum absolute atomic E-state index is 0.205. The molecule has 2 heterocycles. The Hall–Kier alpha value is -2.67. The number of carbonyl (C=O) groups is 1. The number of thiophene rings is 1. The lowest BCUT2D eigenvalue weighted by molar-refractivity contribution is 0.0954. The van der Waals surface area contributed by atoms with Gasteiger partial charge in [-0.05, 0) is 43.0 Å². The summed E-state index contributed by atoms with van der Waals surface area (Å²) in [5, 5.41) is 4.87. The molecule has 2 N–H and O–H groups in total. The smallest absolute Gasteiger partial charge is 0.316 e. The van der Waals surface area contributed by atoms with E-state index in [9.17, 15) is 14.4 Å². The molecule has 0 unspecified atom stereocenters. The Morgan fingerprint density at radius 2 is 2.12 bits per heavy atom. The van der Waals surface area contributed by atoms with Gasteiger partial charge in [0.25, 0.3) is 5.91 Å². The molecule has 2 aromatic heterocycles. The highest BCUT2D eigenvalue weighted by Crippen LogP contribution is 2.12. The van der Waals surface area contributed by atoms with Crippen molar-refractivity contribution in [2.24, 2.45) is 0 Å². The van der Waals surface area contributed by atoms with Crippen LogP contribution in [0, 0.1) is 0 Å². The molecule has 0 aliphatic carbocycles. The van der Waals surface area contributed by atoms with Crippen LogP contribution in [0.5, 0.6) is 0 Å². The van der Waals surface area contributed by atoms with Gasteiger partial charge in [-0.2, -0.15) is 0 Å². The van der Waals surface area contributed by atoms with Gasteiger partial charge in [0.15, 0.2) is 0 Å². The summed E-state index contributed by atoms with van der Waals surface area (Å²) in [4.78, 5) is 39.5. The molecule has 1 amide bonds. The van der Waals surface area contributed by atoms with E-state index in [1.54, 1.807) is 36.5 Å². The summed E-state index contributed by atoms with van der Waals surface area (Å²) in [6.45, 7) is 2.74. The minimum Gasteiger partial charge on any atom is -0.352 e. The zero-order valence-corrected chi connectivity index (χ0v) is 14.0. The molecule has 1 aromatic carbocycles. The number of amides is 1. The van der Waals surface area contributed by atoms with Crippen molar-refractivity contribution in [3.05, 3.63) is 66.9 Å². The first-order valence-corrected chi connectivity index (χ1v) is 8.55. The van der Waals surface area contributed by atoms with Crippen molar-refractivity contribution in [2.45, 2.75) is 19.9 Å². The number of nitrogens with one attached hydrogen (secondary N) is 2. The van der Waals surface area contributed by atoms with Crippen molar-refractivity contribution < 1.29 is 4.79 Å². The second-order valence-corrected chi connectivity index (χ2v) is 6.35. The van der Waals surface area contributed by atoms with Crippen LogP contribution in [0.2, 0.25) is 0 Å². The number of hydrogen-bond donors (Lipinski definition) is 2. The Morgan fingerprint density at radius 3 is 2.83 bits per heavy atom. The number of benzene rings is 1. The number of H-pyrrole nitrogens is 1. The normalized spacial score (nSPS) is 10.9. The van der Waals surface area contributed by atoms with Crippen LogP contribution in [0.3, 0.4) is 0 Å². The Kier molecular flexibility index (Phi) is 4.61. The topological polar surface area (TPSA) is 84.0 Å². The summed E-state index contributed by atoms with van der Waals surface area (Å²) < 4.78 is 1.40. The fourth-order valence-electron chi connectivity index (χ4n) is 2.59. The minimum atomic E-state index is -0.681. The molecule has 0 bridgehead atoms. The molecule has 6 nitrogen and oxygen atoms in total. The molecule has 7 heteroatoms. The number of carbonyl (C=O) groups excluding carboxylic acids is 1. The third kappa shape index (κ3) is 3.16. The Labute approximate surface area is 141 Å². The second-order valence-electron chi connectivity index (χ2n) is 5.32. The molecule has 24 heavy (non-hydrogen) atoms. The molecule has 0 fully saturated rings. The first kappa shape index (κ1) is 16.2. The quantitative estimate of drug-likeness (QED) is 0.692. The van der Waals surface area contributed by atoms with Crippen molar-refractivity contribution in [2.75, 3.05) is 6.54 Å². The molecule has 0 saturated carbocycles. The molecule has 0 aliphatic heterocycles. The first-order chi connectivity index (χ1) is 11.6. The van der Waals surface area contributed by atoms with Crippen molar-refractivity contribution in [3.63, 3.8) is 0 Å². The van der Waals surface area contributed by atoms with Crippen LogP contribution in [0.1, 0.15) is 22.2 Å². The molecule has 3 aromatic rings. The number of fused-ring (bicyclic) bond motifs is 1. The van der Waals surface area contributed by atoms with Crippen LogP contribution in [0.4, 0.5) is 0 Å². The van der Waals surface area contributed by atoms with E-state index >= 15 is 0 Å². The molecule has 0 aliphatic rings. The summed E-state index contributed by atoms with van der Waals surface area (Å²) in [7, 11) is 0. The summed E-state index contributed by atoms with van der Waals surface area (Å²) in [6, 6.07) is 8.95. The van der Waals surface area contributed by atoms with E-state index in [2.05, 4.69) is 10.3 Å². The van der Waals surface area contributed by atoms with Crippen LogP contribution < -0.4 is 16.4 Å². The maximum absolute atomic E-state index is 12.3. The average Bonchev–Trinajstić information content (AvgIpc) is 3.09. The molecule has 3 rings (SSSR count). The molecule has 124 valence electrons. The second kappa shape index (κ2) is 6.84. The number of hydrogen-bond acceptors (Lipinski definition) is 4. The summed E-state index contributed by atoms with van der Waals surface area (Å²) in [5.74, 6) is -0.205. The Balaban J connectivity index is 1.82. The number of nitrogens with zero attached hydrogens (tertiary/aromatic N) is 1. The lowest BCUT2D eigenvalue weighted by Gasteiger charge is -2.09. The molecule has 0 spiro atoms. The molecule has 0 radical (unpaired) electrons. The van der Waals surface area contributed by atoms with Crippen molar-refractivity contribution in [3.8, 4) is 0 Å². The van der Waals surface area contributed by atoms with Gasteiger partial charge in [0, 0.05) is 23.5 Å². The van der Waals surface area contributed by atoms with Gasteiger partial charge in [-0.15, -0.1) is 11.3 Å². The highest BCUT2D eigenvalue weighted by atomic mass is 32.1. The van der Waals surface area contributed by atoms with Crippen molar-refractivity contribution in [1.82, 2.24) is 14.9 Å². The van der Waals surface area contributed by atoms with Gasteiger partial charge >= 0.3 is 11.1 Å². The zero-order valence-electron chi connectivity index (χ0n) is 13.2. The predicted molar refractivity (Wildman–Crippen MR) is 94.9 cm³/mol. The third-order valence-corrected chi connectivity index (χ3v) is 4.73. The Bertz CT molecular complexity index is 986. The molecular formula is C17H17N3O3S. The number of aromatic amines is 1. The van der Waals surface area contributed by atoms with Crippen LogP contribution in [-0.4, -0.2) is 22.0 Å². The van der Waals surface area contributed by atoms with E-state index in [0.29, 0.717) is 29.7 Å². The van der Waals surface area contributed by atoms with Gasteiger partial charge < -0.3 is 14.9 Å². The molecule has 0 atom stereocenters.